The maximum absolute atomic E-state index is 8.51. The second-order valence-electron chi connectivity index (χ2n) is 4.06. The minimum Gasteiger partial charge on any atom is -0.361 e. The second kappa shape index (κ2) is 5.40. The first-order chi connectivity index (χ1) is 8.72. The summed E-state index contributed by atoms with van der Waals surface area (Å²) >= 11 is 0. The second-order valence-corrected chi connectivity index (χ2v) is 4.06. The monoisotopic (exact) mass is 246 g/mol. The molecule has 0 unspecified atom stereocenters. The minimum absolute atomic E-state index is 0.505. The lowest BCUT2D eigenvalue weighted by Gasteiger charge is -2.02. The molecule has 0 N–H and O–H groups in total. The third kappa shape index (κ3) is 2.53. The SMILES string of the molecule is Cc1noc(C)c1Cc1nnnn1CCCC#N. The molecular formula is C11H14N6O. The van der Waals surface area contributed by atoms with E-state index in [-0.39, 0.29) is 0 Å². The summed E-state index contributed by atoms with van der Waals surface area (Å²) < 4.78 is 6.84. The Kier molecular flexibility index (Phi) is 3.67. The molecule has 0 bridgehead atoms. The lowest BCUT2D eigenvalue weighted by atomic mass is 10.1. The Hall–Kier alpha value is -2.23. The lowest BCUT2D eigenvalue weighted by molar-refractivity contribution is 0.392. The van der Waals surface area contributed by atoms with E-state index in [2.05, 4.69) is 26.8 Å². The standard InChI is InChI=1S/C11H14N6O/c1-8-10(9(2)18-14-8)7-11-13-15-16-17(11)6-4-3-5-12/h3-4,6-7H2,1-2H3. The molecule has 0 aliphatic heterocycles. The number of hydrogen-bond donors (Lipinski definition) is 0. The van der Waals surface area contributed by atoms with Crippen LogP contribution in [0.5, 0.6) is 0 Å². The molecular weight excluding hydrogens is 232 g/mol. The highest BCUT2D eigenvalue weighted by Crippen LogP contribution is 2.15. The van der Waals surface area contributed by atoms with Gasteiger partial charge in [-0.2, -0.15) is 5.26 Å². The molecule has 7 heteroatoms. The summed E-state index contributed by atoms with van der Waals surface area (Å²) in [7, 11) is 0. The summed E-state index contributed by atoms with van der Waals surface area (Å²) in [5.41, 5.74) is 1.88. The van der Waals surface area contributed by atoms with Gasteiger partial charge in [0.1, 0.15) is 5.76 Å². The molecule has 2 rings (SSSR count). The summed E-state index contributed by atoms with van der Waals surface area (Å²) in [6.07, 6.45) is 1.85. The smallest absolute Gasteiger partial charge is 0.155 e. The number of rotatable bonds is 5. The molecule has 2 aromatic rings. The van der Waals surface area contributed by atoms with E-state index >= 15 is 0 Å². The molecule has 0 saturated carbocycles. The van der Waals surface area contributed by atoms with Gasteiger partial charge < -0.3 is 4.52 Å². The topological polar surface area (TPSA) is 93.4 Å². The molecule has 0 amide bonds. The summed E-state index contributed by atoms with van der Waals surface area (Å²) in [6, 6.07) is 2.11. The third-order valence-electron chi connectivity index (χ3n) is 2.78. The maximum Gasteiger partial charge on any atom is 0.155 e. The molecule has 2 heterocycles. The quantitative estimate of drug-likeness (QED) is 0.735. The fraction of sp³-hybridized carbons (Fsp3) is 0.545. The van der Waals surface area contributed by atoms with Gasteiger partial charge >= 0.3 is 0 Å². The Morgan fingerprint density at radius 3 is 2.89 bits per heavy atom. The Morgan fingerprint density at radius 2 is 2.22 bits per heavy atom. The summed E-state index contributed by atoms with van der Waals surface area (Å²) in [4.78, 5) is 0. The maximum atomic E-state index is 8.51. The van der Waals surface area contributed by atoms with Crippen LogP contribution in [-0.4, -0.2) is 25.4 Å². The highest BCUT2D eigenvalue weighted by Gasteiger charge is 2.14. The molecule has 0 aliphatic carbocycles. The largest absolute Gasteiger partial charge is 0.361 e. The van der Waals surface area contributed by atoms with Crippen molar-refractivity contribution >= 4 is 0 Å². The van der Waals surface area contributed by atoms with E-state index in [1.165, 1.54) is 0 Å². The highest BCUT2D eigenvalue weighted by molar-refractivity contribution is 5.24. The first-order valence-electron chi connectivity index (χ1n) is 5.76. The van der Waals surface area contributed by atoms with Crippen LogP contribution in [0.4, 0.5) is 0 Å². The van der Waals surface area contributed by atoms with Gasteiger partial charge in [0.2, 0.25) is 0 Å². The molecule has 0 atom stereocenters. The fourth-order valence-corrected chi connectivity index (χ4v) is 1.74. The molecule has 18 heavy (non-hydrogen) atoms. The first-order valence-corrected chi connectivity index (χ1v) is 5.76. The van der Waals surface area contributed by atoms with Gasteiger partial charge in [-0.15, -0.1) is 5.10 Å². The fourth-order valence-electron chi connectivity index (χ4n) is 1.74. The summed E-state index contributed by atoms with van der Waals surface area (Å²) in [5.74, 6) is 1.56. The van der Waals surface area contributed by atoms with E-state index in [1.807, 2.05) is 13.8 Å². The third-order valence-corrected chi connectivity index (χ3v) is 2.78. The minimum atomic E-state index is 0.505. The number of nitrogens with zero attached hydrogens (tertiary/aromatic N) is 6. The van der Waals surface area contributed by atoms with Crippen LogP contribution >= 0.6 is 0 Å². The molecule has 0 aliphatic rings. The number of nitriles is 1. The van der Waals surface area contributed by atoms with Crippen LogP contribution in [0.25, 0.3) is 0 Å². The van der Waals surface area contributed by atoms with Gasteiger partial charge in [-0.05, 0) is 30.7 Å². The van der Waals surface area contributed by atoms with Crippen LogP contribution in [0.1, 0.15) is 35.7 Å². The average Bonchev–Trinajstić information content (AvgIpc) is 2.92. The molecule has 7 nitrogen and oxygen atoms in total. The molecule has 0 spiro atoms. The van der Waals surface area contributed by atoms with Gasteiger partial charge in [0.15, 0.2) is 5.82 Å². The van der Waals surface area contributed by atoms with Crippen LogP contribution in [0.15, 0.2) is 4.52 Å². The number of tetrazole rings is 1. The van der Waals surface area contributed by atoms with Crippen molar-refractivity contribution in [3.05, 3.63) is 22.8 Å². The van der Waals surface area contributed by atoms with Crippen molar-refractivity contribution in [3.8, 4) is 6.07 Å². The van der Waals surface area contributed by atoms with Gasteiger partial charge in [-0.1, -0.05) is 5.16 Å². The highest BCUT2D eigenvalue weighted by atomic mass is 16.5. The average molecular weight is 246 g/mol. The van der Waals surface area contributed by atoms with Crippen LogP contribution in [0, 0.1) is 25.2 Å². The van der Waals surface area contributed by atoms with Crippen molar-refractivity contribution in [1.29, 1.82) is 5.26 Å². The van der Waals surface area contributed by atoms with Crippen molar-refractivity contribution in [2.45, 2.75) is 39.7 Å². The van der Waals surface area contributed by atoms with E-state index in [1.54, 1.807) is 4.68 Å². The predicted octanol–water partition coefficient (Wildman–Crippen LogP) is 1.17. The number of unbranched alkanes of at least 4 members (excludes halogenated alkanes) is 1. The molecule has 0 fully saturated rings. The summed E-state index contributed by atoms with van der Waals surface area (Å²) in [6.45, 7) is 4.42. The number of aromatic nitrogens is 5. The van der Waals surface area contributed by atoms with E-state index in [9.17, 15) is 0 Å². The first kappa shape index (κ1) is 12.2. The summed E-state index contributed by atoms with van der Waals surface area (Å²) in [5, 5.41) is 24.0. The van der Waals surface area contributed by atoms with E-state index in [0.29, 0.717) is 19.4 Å². The number of hydrogen-bond acceptors (Lipinski definition) is 6. The molecule has 2 aromatic heterocycles. The van der Waals surface area contributed by atoms with E-state index in [0.717, 1.165) is 29.3 Å². The number of aryl methyl sites for hydroxylation is 3. The Balaban J connectivity index is 2.10. The predicted molar refractivity (Wildman–Crippen MR) is 61.4 cm³/mol. The Labute approximate surface area is 104 Å². The molecule has 94 valence electrons. The van der Waals surface area contributed by atoms with Gasteiger partial charge in [0.25, 0.3) is 0 Å². The van der Waals surface area contributed by atoms with Gasteiger partial charge in [-0.3, -0.25) is 0 Å². The molecule has 0 saturated heterocycles. The normalized spacial score (nSPS) is 10.5. The van der Waals surface area contributed by atoms with Crippen molar-refractivity contribution < 1.29 is 4.52 Å². The van der Waals surface area contributed by atoms with Crippen LogP contribution in [0.2, 0.25) is 0 Å². The van der Waals surface area contributed by atoms with Gasteiger partial charge in [0, 0.05) is 24.9 Å². The molecule has 0 radical (unpaired) electrons. The van der Waals surface area contributed by atoms with E-state index in [4.69, 9.17) is 9.78 Å². The zero-order chi connectivity index (χ0) is 13.0. The van der Waals surface area contributed by atoms with Gasteiger partial charge in [0.05, 0.1) is 11.8 Å². The van der Waals surface area contributed by atoms with Gasteiger partial charge in [-0.25, -0.2) is 4.68 Å². The molecule has 0 aromatic carbocycles. The zero-order valence-corrected chi connectivity index (χ0v) is 10.4. The van der Waals surface area contributed by atoms with Crippen molar-refractivity contribution in [1.82, 2.24) is 25.4 Å². The van der Waals surface area contributed by atoms with Crippen molar-refractivity contribution in [2.24, 2.45) is 0 Å². The van der Waals surface area contributed by atoms with Crippen molar-refractivity contribution in [2.75, 3.05) is 0 Å². The van der Waals surface area contributed by atoms with E-state index < -0.39 is 0 Å². The van der Waals surface area contributed by atoms with Crippen LogP contribution < -0.4 is 0 Å². The van der Waals surface area contributed by atoms with Crippen molar-refractivity contribution in [3.63, 3.8) is 0 Å². The zero-order valence-electron chi connectivity index (χ0n) is 10.4. The Morgan fingerprint density at radius 1 is 1.39 bits per heavy atom. The van der Waals surface area contributed by atoms with Crippen LogP contribution in [-0.2, 0) is 13.0 Å². The Bertz CT molecular complexity index is 545. The van der Waals surface area contributed by atoms with Crippen LogP contribution in [0.3, 0.4) is 0 Å². The lowest BCUT2D eigenvalue weighted by Crippen LogP contribution is -2.07.